The number of carbonyl (C=O) groups excluding carboxylic acids is 2. The maximum atomic E-state index is 13.7. The number of carbonyl (C=O) groups is 2. The lowest BCUT2D eigenvalue weighted by Crippen LogP contribution is -2.14. The predicted molar refractivity (Wildman–Crippen MR) is 70.4 cm³/mol. The third-order valence-electron chi connectivity index (χ3n) is 2.84. The Morgan fingerprint density at radius 2 is 1.79 bits per heavy atom. The Morgan fingerprint density at radius 1 is 1.11 bits per heavy atom. The van der Waals surface area contributed by atoms with Crippen LogP contribution in [-0.2, 0) is 0 Å². The largest absolute Gasteiger partial charge is 0.365 e. The van der Waals surface area contributed by atoms with Crippen molar-refractivity contribution in [3.05, 3.63) is 59.4 Å². The lowest BCUT2D eigenvalue weighted by atomic mass is 9.96. The number of ketones is 1. The number of amides is 1. The second kappa shape index (κ2) is 5.02. The van der Waals surface area contributed by atoms with Crippen LogP contribution < -0.4 is 5.73 Å². The summed E-state index contributed by atoms with van der Waals surface area (Å²) in [7, 11) is 0. The Hall–Kier alpha value is -2.49. The fraction of sp³-hybridized carbons (Fsp3) is 0.0667. The summed E-state index contributed by atoms with van der Waals surface area (Å²) in [5.74, 6) is -1.60. The second-order valence-corrected chi connectivity index (χ2v) is 4.16. The molecular weight excluding hydrogens is 245 g/mol. The first kappa shape index (κ1) is 13.0. The number of hydrogen-bond donors (Lipinski definition) is 1. The fourth-order valence-corrected chi connectivity index (χ4v) is 1.92. The lowest BCUT2D eigenvalue weighted by Gasteiger charge is -2.08. The summed E-state index contributed by atoms with van der Waals surface area (Å²) >= 11 is 0. The summed E-state index contributed by atoms with van der Waals surface area (Å²) < 4.78 is 13.7. The molecule has 2 rings (SSSR count). The van der Waals surface area contributed by atoms with Crippen LogP contribution >= 0.6 is 0 Å². The van der Waals surface area contributed by atoms with Gasteiger partial charge in [0.15, 0.2) is 5.78 Å². The van der Waals surface area contributed by atoms with Crippen LogP contribution in [0.1, 0.15) is 27.6 Å². The zero-order valence-electron chi connectivity index (χ0n) is 10.3. The van der Waals surface area contributed by atoms with Crippen LogP contribution in [0.4, 0.5) is 4.39 Å². The first-order valence-corrected chi connectivity index (χ1v) is 5.70. The van der Waals surface area contributed by atoms with Crippen LogP contribution in [0.3, 0.4) is 0 Å². The molecule has 2 aromatic rings. The van der Waals surface area contributed by atoms with Crippen LogP contribution in [0.2, 0.25) is 0 Å². The van der Waals surface area contributed by atoms with Gasteiger partial charge in [-0.05, 0) is 30.2 Å². The quantitative estimate of drug-likeness (QED) is 0.859. The summed E-state index contributed by atoms with van der Waals surface area (Å²) in [5, 5.41) is 0. The Kier molecular flexibility index (Phi) is 3.42. The molecule has 0 saturated heterocycles. The van der Waals surface area contributed by atoms with E-state index in [1.165, 1.54) is 19.1 Å². The Morgan fingerprint density at radius 3 is 2.42 bits per heavy atom. The molecule has 0 heterocycles. The highest BCUT2D eigenvalue weighted by atomic mass is 19.1. The zero-order chi connectivity index (χ0) is 14.0. The molecule has 0 aromatic heterocycles. The molecule has 0 fully saturated rings. The topological polar surface area (TPSA) is 60.2 Å². The summed E-state index contributed by atoms with van der Waals surface area (Å²) in [4.78, 5) is 22.7. The maximum absolute atomic E-state index is 13.7. The van der Waals surface area contributed by atoms with E-state index in [9.17, 15) is 14.0 Å². The predicted octanol–water partition coefficient (Wildman–Crippen LogP) is 2.79. The second-order valence-electron chi connectivity index (χ2n) is 4.16. The van der Waals surface area contributed by atoms with E-state index >= 15 is 0 Å². The molecule has 0 aliphatic heterocycles. The summed E-state index contributed by atoms with van der Waals surface area (Å²) in [6.45, 7) is 1.44. The van der Waals surface area contributed by atoms with Crippen LogP contribution in [0.25, 0.3) is 11.1 Å². The van der Waals surface area contributed by atoms with Gasteiger partial charge in [0.05, 0.1) is 5.56 Å². The van der Waals surface area contributed by atoms with Crippen LogP contribution in [0.15, 0.2) is 42.5 Å². The van der Waals surface area contributed by atoms with E-state index in [2.05, 4.69) is 0 Å². The molecule has 0 atom stereocenters. The van der Waals surface area contributed by atoms with Gasteiger partial charge in [-0.25, -0.2) is 4.39 Å². The molecule has 0 aliphatic rings. The fourth-order valence-electron chi connectivity index (χ4n) is 1.92. The monoisotopic (exact) mass is 257 g/mol. The van der Waals surface area contributed by atoms with Crippen molar-refractivity contribution in [3.63, 3.8) is 0 Å². The van der Waals surface area contributed by atoms with Gasteiger partial charge in [-0.15, -0.1) is 0 Å². The summed E-state index contributed by atoms with van der Waals surface area (Å²) in [6, 6.07) is 10.9. The maximum Gasteiger partial charge on any atom is 0.252 e. The van der Waals surface area contributed by atoms with Crippen molar-refractivity contribution in [2.45, 2.75) is 6.92 Å². The highest BCUT2D eigenvalue weighted by molar-refractivity contribution is 6.01. The SMILES string of the molecule is CC(=O)c1cccc(-c2cccc(F)c2C(N)=O)c1. The first-order valence-electron chi connectivity index (χ1n) is 5.70. The van der Waals surface area contributed by atoms with Gasteiger partial charge >= 0.3 is 0 Å². The molecule has 19 heavy (non-hydrogen) atoms. The number of primary amides is 1. The van der Waals surface area contributed by atoms with Gasteiger partial charge < -0.3 is 5.73 Å². The number of benzene rings is 2. The van der Waals surface area contributed by atoms with Crippen molar-refractivity contribution >= 4 is 11.7 Å². The highest BCUT2D eigenvalue weighted by Gasteiger charge is 2.15. The molecule has 0 unspecified atom stereocenters. The van der Waals surface area contributed by atoms with Crippen molar-refractivity contribution in [1.29, 1.82) is 0 Å². The van der Waals surface area contributed by atoms with Crippen LogP contribution in [0, 0.1) is 5.82 Å². The number of hydrogen-bond acceptors (Lipinski definition) is 2. The minimum Gasteiger partial charge on any atom is -0.365 e. The molecule has 3 nitrogen and oxygen atoms in total. The van der Waals surface area contributed by atoms with E-state index in [0.717, 1.165) is 0 Å². The zero-order valence-corrected chi connectivity index (χ0v) is 10.3. The van der Waals surface area contributed by atoms with Crippen LogP contribution in [-0.4, -0.2) is 11.7 Å². The number of rotatable bonds is 3. The first-order chi connectivity index (χ1) is 9.00. The molecule has 0 bridgehead atoms. The molecule has 2 aromatic carbocycles. The van der Waals surface area contributed by atoms with E-state index in [4.69, 9.17) is 5.73 Å². The molecule has 96 valence electrons. The number of Topliss-reactive ketones (excluding diaryl/α,β-unsaturated/α-hetero) is 1. The minimum atomic E-state index is -0.832. The molecule has 0 radical (unpaired) electrons. The van der Waals surface area contributed by atoms with Crippen molar-refractivity contribution in [2.75, 3.05) is 0 Å². The van der Waals surface area contributed by atoms with E-state index in [0.29, 0.717) is 16.7 Å². The molecule has 0 saturated carbocycles. The Bertz CT molecular complexity index is 665. The average molecular weight is 257 g/mol. The van der Waals surface area contributed by atoms with Gasteiger partial charge in [-0.3, -0.25) is 9.59 Å². The molecule has 0 spiro atoms. The van der Waals surface area contributed by atoms with E-state index in [1.54, 1.807) is 30.3 Å². The van der Waals surface area contributed by atoms with E-state index in [1.807, 2.05) is 0 Å². The average Bonchev–Trinajstić information content (AvgIpc) is 2.38. The van der Waals surface area contributed by atoms with Gasteiger partial charge in [-0.1, -0.05) is 30.3 Å². The molecule has 1 amide bonds. The van der Waals surface area contributed by atoms with Crippen molar-refractivity contribution in [3.8, 4) is 11.1 Å². The molecular formula is C15H12FNO2. The number of nitrogens with two attached hydrogens (primary N) is 1. The third-order valence-corrected chi connectivity index (χ3v) is 2.84. The lowest BCUT2D eigenvalue weighted by molar-refractivity contribution is 0.0994. The summed E-state index contributed by atoms with van der Waals surface area (Å²) in [5.41, 5.74) is 6.51. The van der Waals surface area contributed by atoms with Gasteiger partial charge in [0.25, 0.3) is 5.91 Å². The Balaban J connectivity index is 2.65. The van der Waals surface area contributed by atoms with Crippen LogP contribution in [0.5, 0.6) is 0 Å². The standard InChI is InChI=1S/C15H12FNO2/c1-9(18)10-4-2-5-11(8-10)12-6-3-7-13(16)14(12)15(17)19/h2-8H,1H3,(H2,17,19). The minimum absolute atomic E-state index is 0.0983. The van der Waals surface area contributed by atoms with Crippen molar-refractivity contribution in [2.24, 2.45) is 5.73 Å². The van der Waals surface area contributed by atoms with Crippen molar-refractivity contribution < 1.29 is 14.0 Å². The van der Waals surface area contributed by atoms with Gasteiger partial charge in [0.2, 0.25) is 0 Å². The molecule has 4 heteroatoms. The number of halogens is 1. The van der Waals surface area contributed by atoms with Gasteiger partial charge in [0, 0.05) is 5.56 Å². The normalized spacial score (nSPS) is 10.2. The highest BCUT2D eigenvalue weighted by Crippen LogP contribution is 2.26. The summed E-state index contributed by atoms with van der Waals surface area (Å²) in [6.07, 6.45) is 0. The van der Waals surface area contributed by atoms with Crippen molar-refractivity contribution in [1.82, 2.24) is 0 Å². The van der Waals surface area contributed by atoms with Gasteiger partial charge in [0.1, 0.15) is 5.82 Å². The van der Waals surface area contributed by atoms with E-state index in [-0.39, 0.29) is 11.3 Å². The van der Waals surface area contributed by atoms with Gasteiger partial charge in [-0.2, -0.15) is 0 Å². The third kappa shape index (κ3) is 2.52. The molecule has 2 N–H and O–H groups in total. The molecule has 0 aliphatic carbocycles. The smallest absolute Gasteiger partial charge is 0.252 e. The Labute approximate surface area is 109 Å². The van der Waals surface area contributed by atoms with E-state index < -0.39 is 11.7 Å².